The third kappa shape index (κ3) is 2.61. The molecule has 7 nitrogen and oxygen atoms in total. The van der Waals surface area contributed by atoms with Crippen molar-refractivity contribution >= 4 is 5.95 Å². The molecule has 0 saturated carbocycles. The second-order valence-electron chi connectivity index (χ2n) is 7.67. The molecule has 2 atom stereocenters. The predicted octanol–water partition coefficient (Wildman–Crippen LogP) is 1.62. The van der Waals surface area contributed by atoms with Gasteiger partial charge in [0.2, 0.25) is 5.95 Å². The number of aryl methyl sites for hydroxylation is 1. The molecule has 2 fully saturated rings. The minimum Gasteiger partial charge on any atom is -0.378 e. The predicted molar refractivity (Wildman–Crippen MR) is 98.0 cm³/mol. The summed E-state index contributed by atoms with van der Waals surface area (Å²) in [5, 5.41) is 4.41. The minimum atomic E-state index is 0.446. The first-order valence-corrected chi connectivity index (χ1v) is 9.62. The Labute approximate surface area is 154 Å². The number of hydrogen-bond acceptors (Lipinski definition) is 6. The number of aromatic nitrogens is 4. The van der Waals surface area contributed by atoms with E-state index in [1.54, 1.807) is 0 Å². The molecule has 0 amide bonds. The van der Waals surface area contributed by atoms with Gasteiger partial charge >= 0.3 is 0 Å². The minimum absolute atomic E-state index is 0.446. The van der Waals surface area contributed by atoms with Crippen molar-refractivity contribution in [2.75, 3.05) is 31.2 Å². The first-order valence-electron chi connectivity index (χ1n) is 9.62. The van der Waals surface area contributed by atoms with E-state index in [9.17, 15) is 0 Å². The van der Waals surface area contributed by atoms with Gasteiger partial charge in [-0.1, -0.05) is 0 Å². The van der Waals surface area contributed by atoms with E-state index in [0.717, 1.165) is 45.2 Å². The molecule has 3 aliphatic rings. The summed E-state index contributed by atoms with van der Waals surface area (Å²) in [7, 11) is 2.01. The highest BCUT2D eigenvalue weighted by molar-refractivity contribution is 5.37. The van der Waals surface area contributed by atoms with Crippen molar-refractivity contribution < 1.29 is 4.74 Å². The molecule has 0 aliphatic carbocycles. The van der Waals surface area contributed by atoms with Gasteiger partial charge in [-0.2, -0.15) is 5.10 Å². The zero-order valence-corrected chi connectivity index (χ0v) is 15.6. The third-order valence-electron chi connectivity index (χ3n) is 6.30. The fourth-order valence-corrected chi connectivity index (χ4v) is 4.62. The number of rotatable bonds is 3. The van der Waals surface area contributed by atoms with Crippen LogP contribution in [-0.4, -0.2) is 57.0 Å². The van der Waals surface area contributed by atoms with Crippen LogP contribution < -0.4 is 4.90 Å². The van der Waals surface area contributed by atoms with Gasteiger partial charge in [-0.25, -0.2) is 9.97 Å². The Kier molecular flexibility index (Phi) is 3.94. The molecule has 3 aliphatic heterocycles. The van der Waals surface area contributed by atoms with Crippen molar-refractivity contribution in [3.8, 4) is 0 Å². The number of fused-ring (bicyclic) bond motifs is 4. The monoisotopic (exact) mass is 354 g/mol. The van der Waals surface area contributed by atoms with E-state index < -0.39 is 0 Å². The molecule has 2 bridgehead atoms. The Bertz CT molecular complexity index is 812. The standard InChI is InChI=1S/C19H26N6O/c1-13-14(10-21-23(13)2)12-25-15-3-4-18(25)16-11-20-19(22-17(16)9-15)24-5-7-26-8-6-24/h10-11,15,18H,3-9,12H2,1-2H3/t15-,18-/m0/s1. The molecule has 0 N–H and O–H groups in total. The maximum atomic E-state index is 5.45. The van der Waals surface area contributed by atoms with Gasteiger partial charge in [-0.15, -0.1) is 0 Å². The van der Waals surface area contributed by atoms with Crippen molar-refractivity contribution in [2.45, 2.75) is 44.8 Å². The molecule has 26 heavy (non-hydrogen) atoms. The molecule has 7 heteroatoms. The first-order chi connectivity index (χ1) is 12.7. The van der Waals surface area contributed by atoms with E-state index in [4.69, 9.17) is 14.7 Å². The Morgan fingerprint density at radius 1 is 1.19 bits per heavy atom. The van der Waals surface area contributed by atoms with E-state index in [-0.39, 0.29) is 0 Å². The van der Waals surface area contributed by atoms with Gasteiger partial charge in [-0.3, -0.25) is 9.58 Å². The van der Waals surface area contributed by atoms with Crippen molar-refractivity contribution in [1.82, 2.24) is 24.6 Å². The van der Waals surface area contributed by atoms with Gasteiger partial charge < -0.3 is 9.64 Å². The van der Waals surface area contributed by atoms with E-state index in [1.807, 2.05) is 17.9 Å². The van der Waals surface area contributed by atoms with Crippen LogP contribution in [0.3, 0.4) is 0 Å². The van der Waals surface area contributed by atoms with Crippen LogP contribution in [0.25, 0.3) is 0 Å². The molecule has 138 valence electrons. The van der Waals surface area contributed by atoms with Crippen LogP contribution in [0, 0.1) is 6.92 Å². The van der Waals surface area contributed by atoms with Crippen LogP contribution in [0.1, 0.15) is 41.4 Å². The zero-order valence-electron chi connectivity index (χ0n) is 15.6. The number of nitrogens with zero attached hydrogens (tertiary/aromatic N) is 6. The van der Waals surface area contributed by atoms with Crippen molar-refractivity contribution in [3.05, 3.63) is 34.9 Å². The van der Waals surface area contributed by atoms with E-state index in [0.29, 0.717) is 12.1 Å². The van der Waals surface area contributed by atoms with Gasteiger partial charge in [0, 0.05) is 68.2 Å². The number of morpholine rings is 1. The van der Waals surface area contributed by atoms with Crippen LogP contribution in [0.4, 0.5) is 5.95 Å². The van der Waals surface area contributed by atoms with Gasteiger partial charge in [0.15, 0.2) is 0 Å². The molecular formula is C19H26N6O. The van der Waals surface area contributed by atoms with Gasteiger partial charge in [0.1, 0.15) is 0 Å². The molecule has 5 heterocycles. The summed E-state index contributed by atoms with van der Waals surface area (Å²) in [5.41, 5.74) is 5.18. The lowest BCUT2D eigenvalue weighted by Crippen LogP contribution is -2.40. The fraction of sp³-hybridized carbons (Fsp3) is 0.632. The second kappa shape index (κ2) is 6.32. The third-order valence-corrected chi connectivity index (χ3v) is 6.30. The number of hydrogen-bond donors (Lipinski definition) is 0. The lowest BCUT2D eigenvalue weighted by atomic mass is 9.98. The molecule has 5 rings (SSSR count). The number of anilines is 1. The van der Waals surface area contributed by atoms with Gasteiger partial charge in [0.05, 0.1) is 25.1 Å². The normalized spacial score (nSPS) is 25.5. The Hall–Kier alpha value is -1.99. The van der Waals surface area contributed by atoms with Crippen LogP contribution >= 0.6 is 0 Å². The van der Waals surface area contributed by atoms with Crippen LogP contribution in [0.2, 0.25) is 0 Å². The lowest BCUT2D eigenvalue weighted by molar-refractivity contribution is 0.122. The quantitative estimate of drug-likeness (QED) is 0.835. The summed E-state index contributed by atoms with van der Waals surface area (Å²) in [5.74, 6) is 0.878. The molecule has 2 aromatic heterocycles. The summed E-state index contributed by atoms with van der Waals surface area (Å²) in [6.07, 6.45) is 7.58. The Morgan fingerprint density at radius 3 is 2.81 bits per heavy atom. The van der Waals surface area contributed by atoms with Crippen LogP contribution in [0.5, 0.6) is 0 Å². The van der Waals surface area contributed by atoms with Crippen molar-refractivity contribution in [3.63, 3.8) is 0 Å². The van der Waals surface area contributed by atoms with Crippen molar-refractivity contribution in [2.24, 2.45) is 7.05 Å². The summed E-state index contributed by atoms with van der Waals surface area (Å²) in [6.45, 7) is 6.43. The smallest absolute Gasteiger partial charge is 0.225 e. The highest BCUT2D eigenvalue weighted by atomic mass is 16.5. The molecule has 2 saturated heterocycles. The molecule has 2 aromatic rings. The van der Waals surface area contributed by atoms with E-state index in [1.165, 1.54) is 35.4 Å². The first kappa shape index (κ1) is 16.2. The molecule has 0 aromatic carbocycles. The average Bonchev–Trinajstić information content (AvgIpc) is 3.14. The molecule has 0 unspecified atom stereocenters. The Morgan fingerprint density at radius 2 is 2.04 bits per heavy atom. The van der Waals surface area contributed by atoms with Gasteiger partial charge in [-0.05, 0) is 19.8 Å². The number of ether oxygens (including phenoxy) is 1. The molecule has 0 radical (unpaired) electrons. The Balaban J connectivity index is 1.41. The summed E-state index contributed by atoms with van der Waals surface area (Å²) in [6, 6.07) is 1.03. The maximum absolute atomic E-state index is 5.45. The topological polar surface area (TPSA) is 59.3 Å². The van der Waals surface area contributed by atoms with Crippen LogP contribution in [0.15, 0.2) is 12.4 Å². The van der Waals surface area contributed by atoms with E-state index in [2.05, 4.69) is 28.0 Å². The van der Waals surface area contributed by atoms with Crippen molar-refractivity contribution in [1.29, 1.82) is 0 Å². The largest absolute Gasteiger partial charge is 0.378 e. The van der Waals surface area contributed by atoms with Crippen LogP contribution in [-0.2, 0) is 24.8 Å². The summed E-state index contributed by atoms with van der Waals surface area (Å²) in [4.78, 5) is 14.6. The molecule has 0 spiro atoms. The van der Waals surface area contributed by atoms with Gasteiger partial charge in [0.25, 0.3) is 0 Å². The highest BCUT2D eigenvalue weighted by Crippen LogP contribution is 2.44. The summed E-state index contributed by atoms with van der Waals surface area (Å²) >= 11 is 0. The molecular weight excluding hydrogens is 328 g/mol. The fourth-order valence-electron chi connectivity index (χ4n) is 4.62. The lowest BCUT2D eigenvalue weighted by Gasteiger charge is -2.36. The maximum Gasteiger partial charge on any atom is 0.225 e. The summed E-state index contributed by atoms with van der Waals surface area (Å²) < 4.78 is 7.41. The average molecular weight is 354 g/mol. The highest BCUT2D eigenvalue weighted by Gasteiger charge is 2.41. The SMILES string of the molecule is Cc1c(CN2[C@H]3CC[C@H]2c2cnc(N4CCOCC4)nc2C3)cnn1C. The second-order valence-corrected chi connectivity index (χ2v) is 7.67. The zero-order chi connectivity index (χ0) is 17.7. The van der Waals surface area contributed by atoms with E-state index >= 15 is 0 Å².